The van der Waals surface area contributed by atoms with Crippen molar-refractivity contribution in [1.82, 2.24) is 0 Å². The highest BCUT2D eigenvalue weighted by molar-refractivity contribution is 5.93. The monoisotopic (exact) mass is 260 g/mol. The molecule has 0 bridgehead atoms. The number of rotatable bonds is 2. The fourth-order valence-electron chi connectivity index (χ4n) is 2.50. The van der Waals surface area contributed by atoms with Crippen molar-refractivity contribution in [2.75, 3.05) is 5.32 Å². The number of halogens is 1. The Kier molecular flexibility index (Phi) is 4.16. The zero-order chi connectivity index (χ0) is 13.8. The number of hydrogen-bond donors (Lipinski definition) is 1. The third-order valence-corrected chi connectivity index (χ3v) is 3.77. The molecule has 1 aromatic rings. The number of amides is 1. The summed E-state index contributed by atoms with van der Waals surface area (Å²) in [5.41, 5.74) is 0.172. The smallest absolute Gasteiger partial charge is 0.227 e. The number of carbonyl (C=O) groups is 1. The molecule has 1 fully saturated rings. The molecule has 0 aliphatic heterocycles. The predicted octanol–water partition coefficient (Wildman–Crippen LogP) is 3.46. The van der Waals surface area contributed by atoms with Gasteiger partial charge in [-0.2, -0.15) is 5.26 Å². The van der Waals surface area contributed by atoms with Crippen molar-refractivity contribution in [1.29, 1.82) is 5.26 Å². The molecular weight excluding hydrogens is 243 g/mol. The second kappa shape index (κ2) is 5.83. The van der Waals surface area contributed by atoms with Crippen LogP contribution < -0.4 is 5.32 Å². The largest absolute Gasteiger partial charge is 0.325 e. The number of benzene rings is 1. The Hall–Kier alpha value is -1.89. The van der Waals surface area contributed by atoms with Gasteiger partial charge in [0.15, 0.2) is 0 Å². The van der Waals surface area contributed by atoms with E-state index < -0.39 is 5.82 Å². The topological polar surface area (TPSA) is 52.9 Å². The van der Waals surface area contributed by atoms with Gasteiger partial charge < -0.3 is 5.32 Å². The van der Waals surface area contributed by atoms with Crippen LogP contribution in [0.1, 0.15) is 38.2 Å². The quantitative estimate of drug-likeness (QED) is 0.885. The van der Waals surface area contributed by atoms with E-state index in [-0.39, 0.29) is 23.1 Å². The van der Waals surface area contributed by atoms with Gasteiger partial charge in [-0.3, -0.25) is 4.79 Å². The molecule has 0 atom stereocenters. The van der Waals surface area contributed by atoms with Gasteiger partial charge in [0.05, 0.1) is 5.69 Å². The van der Waals surface area contributed by atoms with E-state index in [2.05, 4.69) is 12.2 Å². The summed E-state index contributed by atoms with van der Waals surface area (Å²) in [6.07, 6.45) is 3.83. The molecule has 3 nitrogen and oxygen atoms in total. The Labute approximate surface area is 112 Å². The van der Waals surface area contributed by atoms with Gasteiger partial charge in [-0.25, -0.2) is 4.39 Å². The molecule has 19 heavy (non-hydrogen) atoms. The molecule has 0 spiro atoms. The first-order chi connectivity index (χ1) is 9.11. The molecule has 1 aliphatic rings. The van der Waals surface area contributed by atoms with Gasteiger partial charge in [-0.15, -0.1) is 0 Å². The summed E-state index contributed by atoms with van der Waals surface area (Å²) in [5.74, 6) is -0.0505. The highest BCUT2D eigenvalue weighted by Gasteiger charge is 2.25. The molecule has 0 unspecified atom stereocenters. The molecule has 0 saturated heterocycles. The maximum Gasteiger partial charge on any atom is 0.227 e. The molecule has 0 aromatic heterocycles. The maximum atomic E-state index is 13.4. The second-order valence-corrected chi connectivity index (χ2v) is 5.22. The number of carbonyl (C=O) groups excluding carboxylic acids is 1. The number of anilines is 1. The summed E-state index contributed by atoms with van der Waals surface area (Å²) in [5, 5.41) is 11.6. The lowest BCUT2D eigenvalue weighted by atomic mass is 9.82. The van der Waals surface area contributed by atoms with Crippen LogP contribution in [0.2, 0.25) is 0 Å². The molecule has 2 rings (SSSR count). The van der Waals surface area contributed by atoms with Crippen LogP contribution in [-0.4, -0.2) is 5.91 Å². The fourth-order valence-corrected chi connectivity index (χ4v) is 2.50. The van der Waals surface area contributed by atoms with Crippen molar-refractivity contribution in [3.05, 3.63) is 29.6 Å². The Balaban J connectivity index is 2.07. The molecule has 100 valence electrons. The van der Waals surface area contributed by atoms with E-state index in [9.17, 15) is 9.18 Å². The van der Waals surface area contributed by atoms with Crippen molar-refractivity contribution >= 4 is 11.6 Å². The summed E-state index contributed by atoms with van der Waals surface area (Å²) in [4.78, 5) is 12.1. The average Bonchev–Trinajstić information content (AvgIpc) is 2.39. The van der Waals surface area contributed by atoms with E-state index in [1.165, 1.54) is 12.1 Å². The highest BCUT2D eigenvalue weighted by Crippen LogP contribution is 2.29. The first-order valence-electron chi connectivity index (χ1n) is 6.61. The molecule has 4 heteroatoms. The molecule has 1 aliphatic carbocycles. The highest BCUT2D eigenvalue weighted by atomic mass is 19.1. The average molecular weight is 260 g/mol. The number of hydrogen-bond acceptors (Lipinski definition) is 2. The maximum absolute atomic E-state index is 13.4. The van der Waals surface area contributed by atoms with Crippen LogP contribution in [0.25, 0.3) is 0 Å². The van der Waals surface area contributed by atoms with Crippen molar-refractivity contribution in [3.8, 4) is 6.07 Å². The number of nitriles is 1. The minimum Gasteiger partial charge on any atom is -0.325 e. The lowest BCUT2D eigenvalue weighted by Crippen LogP contribution is -2.27. The first kappa shape index (κ1) is 13.5. The molecular formula is C15H17FN2O. The summed E-state index contributed by atoms with van der Waals surface area (Å²) < 4.78 is 13.4. The van der Waals surface area contributed by atoms with Crippen LogP contribution in [0, 0.1) is 29.0 Å². The minimum atomic E-state index is -0.599. The Morgan fingerprint density at radius 2 is 2.05 bits per heavy atom. The fraction of sp³-hybridized carbons (Fsp3) is 0.467. The molecule has 1 aromatic carbocycles. The van der Waals surface area contributed by atoms with Crippen LogP contribution in [-0.2, 0) is 4.79 Å². The van der Waals surface area contributed by atoms with Crippen LogP contribution in [0.4, 0.5) is 10.1 Å². The molecule has 1 N–H and O–H groups in total. The Bertz CT molecular complexity index is 513. The third-order valence-electron chi connectivity index (χ3n) is 3.77. The van der Waals surface area contributed by atoms with Crippen molar-refractivity contribution < 1.29 is 9.18 Å². The molecule has 1 saturated carbocycles. The number of nitrogens with zero attached hydrogens (tertiary/aromatic N) is 1. The molecule has 0 heterocycles. The van der Waals surface area contributed by atoms with Crippen molar-refractivity contribution in [2.24, 2.45) is 11.8 Å². The zero-order valence-corrected chi connectivity index (χ0v) is 10.9. The molecule has 0 radical (unpaired) electrons. The van der Waals surface area contributed by atoms with Gasteiger partial charge in [0, 0.05) is 5.92 Å². The van der Waals surface area contributed by atoms with E-state index >= 15 is 0 Å². The van der Waals surface area contributed by atoms with Crippen LogP contribution in [0.3, 0.4) is 0 Å². The Morgan fingerprint density at radius 3 is 2.68 bits per heavy atom. The Morgan fingerprint density at radius 1 is 1.37 bits per heavy atom. The SMILES string of the molecule is CC1CCC(C(=O)Nc2cccc(F)c2C#N)CC1. The standard InChI is InChI=1S/C15H17FN2O/c1-10-5-7-11(8-6-10)15(19)18-14-4-2-3-13(16)12(14)9-17/h2-4,10-11H,5-8H2,1H3,(H,18,19). The lowest BCUT2D eigenvalue weighted by Gasteiger charge is -2.25. The summed E-state index contributed by atoms with van der Waals surface area (Å²) in [7, 11) is 0. The summed E-state index contributed by atoms with van der Waals surface area (Å²) in [6, 6.07) is 6.06. The zero-order valence-electron chi connectivity index (χ0n) is 10.9. The minimum absolute atomic E-state index is 0.0222. The van der Waals surface area contributed by atoms with Crippen molar-refractivity contribution in [3.63, 3.8) is 0 Å². The summed E-state index contributed by atoms with van der Waals surface area (Å²) in [6.45, 7) is 2.19. The van der Waals surface area contributed by atoms with Crippen LogP contribution in [0.5, 0.6) is 0 Å². The van der Waals surface area contributed by atoms with E-state index in [0.717, 1.165) is 25.7 Å². The van der Waals surface area contributed by atoms with Gasteiger partial charge in [-0.1, -0.05) is 13.0 Å². The molecule has 1 amide bonds. The lowest BCUT2D eigenvalue weighted by molar-refractivity contribution is -0.121. The van der Waals surface area contributed by atoms with Gasteiger partial charge >= 0.3 is 0 Å². The van der Waals surface area contributed by atoms with Gasteiger partial charge in [0.2, 0.25) is 5.91 Å². The van der Waals surface area contributed by atoms with Gasteiger partial charge in [-0.05, 0) is 43.7 Å². The normalized spacial score (nSPS) is 22.6. The van der Waals surface area contributed by atoms with E-state index in [4.69, 9.17) is 5.26 Å². The van der Waals surface area contributed by atoms with Crippen molar-refractivity contribution in [2.45, 2.75) is 32.6 Å². The summed E-state index contributed by atoms with van der Waals surface area (Å²) >= 11 is 0. The van der Waals surface area contributed by atoms with E-state index in [0.29, 0.717) is 5.92 Å². The van der Waals surface area contributed by atoms with E-state index in [1.54, 1.807) is 12.1 Å². The van der Waals surface area contributed by atoms with Gasteiger partial charge in [0.1, 0.15) is 17.4 Å². The third kappa shape index (κ3) is 3.11. The second-order valence-electron chi connectivity index (χ2n) is 5.22. The van der Waals surface area contributed by atoms with Crippen LogP contribution in [0.15, 0.2) is 18.2 Å². The first-order valence-corrected chi connectivity index (χ1v) is 6.61. The predicted molar refractivity (Wildman–Crippen MR) is 70.9 cm³/mol. The van der Waals surface area contributed by atoms with Crippen LogP contribution >= 0.6 is 0 Å². The van der Waals surface area contributed by atoms with Gasteiger partial charge in [0.25, 0.3) is 0 Å². The number of nitrogens with one attached hydrogen (secondary N) is 1. The van der Waals surface area contributed by atoms with E-state index in [1.807, 2.05) is 0 Å².